The molecule has 1 aliphatic heterocycles. The molecule has 2 rings (SSSR count). The summed E-state index contributed by atoms with van der Waals surface area (Å²) >= 11 is 0. The predicted octanol–water partition coefficient (Wildman–Crippen LogP) is 0.837. The van der Waals surface area contributed by atoms with Crippen LogP contribution in [0.15, 0.2) is 29.3 Å². The summed E-state index contributed by atoms with van der Waals surface area (Å²) < 4.78 is 0. The molecule has 1 aliphatic rings. The van der Waals surface area contributed by atoms with E-state index in [1.807, 2.05) is 25.2 Å². The number of rotatable bonds is 4. The third kappa shape index (κ3) is 4.38. The molecule has 0 saturated heterocycles. The number of carbonyl (C=O) groups is 1. The molecule has 1 aromatic carbocycles. The fourth-order valence-electron chi connectivity index (χ4n) is 1.92. The van der Waals surface area contributed by atoms with Crippen molar-refractivity contribution < 1.29 is 4.79 Å². The monoisotopic (exact) mass is 374 g/mol. The number of halogens is 1. The SMILES string of the molecule is CN1CCN=C1NCCc1cccc(C(N)=O)c1.I. The summed E-state index contributed by atoms with van der Waals surface area (Å²) in [6.07, 6.45) is 0.841. The summed E-state index contributed by atoms with van der Waals surface area (Å²) in [5.41, 5.74) is 6.90. The molecule has 19 heavy (non-hydrogen) atoms. The number of amides is 1. The molecule has 0 unspecified atom stereocenters. The van der Waals surface area contributed by atoms with Crippen LogP contribution in [-0.2, 0) is 6.42 Å². The minimum atomic E-state index is -0.385. The van der Waals surface area contributed by atoms with Crippen molar-refractivity contribution in [3.8, 4) is 0 Å². The molecule has 1 amide bonds. The van der Waals surface area contributed by atoms with Crippen LogP contribution in [0.2, 0.25) is 0 Å². The largest absolute Gasteiger partial charge is 0.366 e. The molecular formula is C13H19IN4O. The van der Waals surface area contributed by atoms with Gasteiger partial charge in [-0.2, -0.15) is 0 Å². The summed E-state index contributed by atoms with van der Waals surface area (Å²) in [5.74, 6) is 0.561. The van der Waals surface area contributed by atoms with Crippen molar-refractivity contribution in [2.75, 3.05) is 26.7 Å². The van der Waals surface area contributed by atoms with E-state index in [9.17, 15) is 4.79 Å². The second-order valence-electron chi connectivity index (χ2n) is 4.37. The molecule has 6 heteroatoms. The first-order chi connectivity index (χ1) is 8.66. The van der Waals surface area contributed by atoms with Gasteiger partial charge in [-0.1, -0.05) is 12.1 Å². The van der Waals surface area contributed by atoms with Crippen molar-refractivity contribution in [3.05, 3.63) is 35.4 Å². The molecule has 0 atom stereocenters. The topological polar surface area (TPSA) is 70.7 Å². The van der Waals surface area contributed by atoms with E-state index in [1.54, 1.807) is 6.07 Å². The van der Waals surface area contributed by atoms with Gasteiger partial charge in [0, 0.05) is 25.7 Å². The highest BCUT2D eigenvalue weighted by Crippen LogP contribution is 2.05. The van der Waals surface area contributed by atoms with Crippen LogP contribution < -0.4 is 11.1 Å². The zero-order valence-electron chi connectivity index (χ0n) is 10.9. The van der Waals surface area contributed by atoms with Gasteiger partial charge in [0.2, 0.25) is 5.91 Å². The molecule has 0 aliphatic carbocycles. The number of aliphatic imine (C=N–C) groups is 1. The van der Waals surface area contributed by atoms with E-state index >= 15 is 0 Å². The Labute approximate surface area is 130 Å². The molecule has 0 aromatic heterocycles. The maximum Gasteiger partial charge on any atom is 0.248 e. The van der Waals surface area contributed by atoms with Crippen molar-refractivity contribution in [3.63, 3.8) is 0 Å². The zero-order chi connectivity index (χ0) is 13.0. The fraction of sp³-hybridized carbons (Fsp3) is 0.385. The Bertz CT molecular complexity index is 475. The van der Waals surface area contributed by atoms with E-state index in [-0.39, 0.29) is 29.9 Å². The Morgan fingerprint density at radius 1 is 1.53 bits per heavy atom. The number of guanidine groups is 1. The lowest BCUT2D eigenvalue weighted by Crippen LogP contribution is -2.36. The normalized spacial score (nSPS) is 13.7. The molecule has 5 nitrogen and oxygen atoms in total. The summed E-state index contributed by atoms with van der Waals surface area (Å²) in [5, 5.41) is 3.29. The second kappa shape index (κ2) is 7.32. The van der Waals surface area contributed by atoms with Crippen LogP contribution in [0.25, 0.3) is 0 Å². The Kier molecular flexibility index (Phi) is 6.07. The first kappa shape index (κ1) is 15.7. The lowest BCUT2D eigenvalue weighted by molar-refractivity contribution is 0.1000. The summed E-state index contributed by atoms with van der Waals surface area (Å²) in [7, 11) is 2.02. The Hall–Kier alpha value is -1.31. The van der Waals surface area contributed by atoms with Crippen LogP contribution in [0.5, 0.6) is 0 Å². The van der Waals surface area contributed by atoms with Gasteiger partial charge >= 0.3 is 0 Å². The van der Waals surface area contributed by atoms with Gasteiger partial charge in [0.25, 0.3) is 0 Å². The lowest BCUT2D eigenvalue weighted by Gasteiger charge is -2.15. The Balaban J connectivity index is 0.00000180. The van der Waals surface area contributed by atoms with Gasteiger partial charge in [0.1, 0.15) is 0 Å². The van der Waals surface area contributed by atoms with Crippen molar-refractivity contribution in [2.24, 2.45) is 10.7 Å². The first-order valence-electron chi connectivity index (χ1n) is 6.05. The number of likely N-dealkylation sites (N-methyl/N-ethyl adjacent to an activating group) is 1. The molecule has 104 valence electrons. The number of primary amides is 1. The van der Waals surface area contributed by atoms with Crippen molar-refractivity contribution in [2.45, 2.75) is 6.42 Å². The third-order valence-corrected chi connectivity index (χ3v) is 2.97. The van der Waals surface area contributed by atoms with Crippen molar-refractivity contribution >= 4 is 35.8 Å². The quantitative estimate of drug-likeness (QED) is 0.768. The highest BCUT2D eigenvalue weighted by Gasteiger charge is 2.10. The third-order valence-electron chi connectivity index (χ3n) is 2.97. The number of hydrogen-bond acceptors (Lipinski definition) is 4. The van der Waals surface area contributed by atoms with Gasteiger partial charge in [-0.25, -0.2) is 0 Å². The number of benzene rings is 1. The van der Waals surface area contributed by atoms with Crippen LogP contribution in [-0.4, -0.2) is 43.4 Å². The average Bonchev–Trinajstić information content (AvgIpc) is 2.76. The highest BCUT2D eigenvalue weighted by molar-refractivity contribution is 14.0. The number of nitrogens with two attached hydrogens (primary N) is 1. The molecule has 0 saturated carbocycles. The molecular weight excluding hydrogens is 355 g/mol. The number of carbonyl (C=O) groups excluding carboxylic acids is 1. The Morgan fingerprint density at radius 2 is 2.32 bits per heavy atom. The molecule has 0 bridgehead atoms. The van der Waals surface area contributed by atoms with E-state index in [1.165, 1.54) is 0 Å². The lowest BCUT2D eigenvalue weighted by atomic mass is 10.1. The Morgan fingerprint density at radius 3 is 2.95 bits per heavy atom. The summed E-state index contributed by atoms with van der Waals surface area (Å²) in [6.45, 7) is 2.63. The van der Waals surface area contributed by atoms with Crippen LogP contribution in [0.4, 0.5) is 0 Å². The van der Waals surface area contributed by atoms with E-state index in [2.05, 4.69) is 15.2 Å². The van der Waals surface area contributed by atoms with Crippen LogP contribution in [0.1, 0.15) is 15.9 Å². The zero-order valence-corrected chi connectivity index (χ0v) is 13.3. The van der Waals surface area contributed by atoms with Crippen LogP contribution in [0.3, 0.4) is 0 Å². The molecule has 0 spiro atoms. The maximum absolute atomic E-state index is 11.1. The first-order valence-corrected chi connectivity index (χ1v) is 6.05. The van der Waals surface area contributed by atoms with E-state index in [0.29, 0.717) is 5.56 Å². The maximum atomic E-state index is 11.1. The van der Waals surface area contributed by atoms with Gasteiger partial charge in [0.15, 0.2) is 5.96 Å². The average molecular weight is 374 g/mol. The van der Waals surface area contributed by atoms with Gasteiger partial charge < -0.3 is 16.0 Å². The highest BCUT2D eigenvalue weighted by atomic mass is 127. The van der Waals surface area contributed by atoms with Crippen molar-refractivity contribution in [1.82, 2.24) is 10.2 Å². The molecule has 3 N–H and O–H groups in total. The minimum absolute atomic E-state index is 0. The van der Waals surface area contributed by atoms with E-state index < -0.39 is 0 Å². The molecule has 0 fully saturated rings. The number of nitrogens with zero attached hydrogens (tertiary/aromatic N) is 2. The van der Waals surface area contributed by atoms with Gasteiger partial charge in [0.05, 0.1) is 6.54 Å². The van der Waals surface area contributed by atoms with E-state index in [4.69, 9.17) is 5.73 Å². The van der Waals surface area contributed by atoms with E-state index in [0.717, 1.165) is 37.6 Å². The molecule has 1 aromatic rings. The van der Waals surface area contributed by atoms with Gasteiger partial charge in [-0.3, -0.25) is 9.79 Å². The van der Waals surface area contributed by atoms with Crippen LogP contribution in [0, 0.1) is 0 Å². The second-order valence-corrected chi connectivity index (χ2v) is 4.37. The smallest absolute Gasteiger partial charge is 0.248 e. The van der Waals surface area contributed by atoms with Gasteiger partial charge in [-0.15, -0.1) is 24.0 Å². The summed E-state index contributed by atoms with van der Waals surface area (Å²) in [4.78, 5) is 17.5. The van der Waals surface area contributed by atoms with Crippen molar-refractivity contribution in [1.29, 1.82) is 0 Å². The number of nitrogens with one attached hydrogen (secondary N) is 1. The summed E-state index contributed by atoms with van der Waals surface area (Å²) in [6, 6.07) is 7.42. The fourth-order valence-corrected chi connectivity index (χ4v) is 1.92. The molecule has 0 radical (unpaired) electrons. The molecule has 1 heterocycles. The number of hydrogen-bond donors (Lipinski definition) is 2. The standard InChI is InChI=1S/C13H18N4O.HI/c1-17-8-7-16-13(17)15-6-5-10-3-2-4-11(9-10)12(14)18;/h2-4,9H,5-8H2,1H3,(H2,14,18)(H,15,16);1H. The minimum Gasteiger partial charge on any atom is -0.366 e. The van der Waals surface area contributed by atoms with Gasteiger partial charge in [-0.05, 0) is 24.1 Å². The van der Waals surface area contributed by atoms with Crippen LogP contribution >= 0.6 is 24.0 Å². The predicted molar refractivity (Wildman–Crippen MR) is 87.0 cm³/mol.